The van der Waals surface area contributed by atoms with Crippen LogP contribution in [0.1, 0.15) is 44.3 Å². The molecule has 1 amide bonds. The lowest BCUT2D eigenvalue weighted by Crippen LogP contribution is -2.56. The summed E-state index contributed by atoms with van der Waals surface area (Å²) < 4.78 is 5.40. The fourth-order valence-electron chi connectivity index (χ4n) is 3.04. The van der Waals surface area contributed by atoms with E-state index >= 15 is 0 Å². The van der Waals surface area contributed by atoms with Crippen molar-refractivity contribution in [3.05, 3.63) is 35.9 Å². The van der Waals surface area contributed by atoms with E-state index in [0.717, 1.165) is 31.2 Å². The van der Waals surface area contributed by atoms with Gasteiger partial charge in [0.15, 0.2) is 6.10 Å². The Balaban J connectivity index is 2.08. The number of benzene rings is 1. The van der Waals surface area contributed by atoms with Crippen LogP contribution in [-0.4, -0.2) is 25.1 Å². The minimum Gasteiger partial charge on any atom is -0.367 e. The molecule has 1 unspecified atom stereocenters. The molecule has 0 spiro atoms. The number of carbonyl (C=O) groups is 1. The normalized spacial score (nSPS) is 27.1. The van der Waals surface area contributed by atoms with Gasteiger partial charge in [0.25, 0.3) is 5.91 Å². The highest BCUT2D eigenvalue weighted by Gasteiger charge is 2.36. The van der Waals surface area contributed by atoms with Gasteiger partial charge in [-0.25, -0.2) is 0 Å². The Kier molecular flexibility index (Phi) is 5.37. The van der Waals surface area contributed by atoms with E-state index in [1.807, 2.05) is 30.3 Å². The maximum Gasteiger partial charge on any atom is 0.254 e. The van der Waals surface area contributed by atoms with Crippen LogP contribution in [0.2, 0.25) is 0 Å². The summed E-state index contributed by atoms with van der Waals surface area (Å²) in [6.07, 6.45) is 3.54. The van der Waals surface area contributed by atoms with Crippen molar-refractivity contribution in [2.24, 2.45) is 11.7 Å². The highest BCUT2D eigenvalue weighted by Crippen LogP contribution is 2.32. The summed E-state index contributed by atoms with van der Waals surface area (Å²) in [4.78, 5) is 12.6. The van der Waals surface area contributed by atoms with Crippen molar-refractivity contribution in [3.63, 3.8) is 0 Å². The molecule has 0 radical (unpaired) electrons. The molecule has 1 aromatic rings. The molecular formula is C17H26N2O2. The van der Waals surface area contributed by atoms with E-state index in [9.17, 15) is 4.79 Å². The van der Waals surface area contributed by atoms with E-state index < -0.39 is 6.10 Å². The second kappa shape index (κ2) is 7.05. The molecule has 1 atom stereocenters. The zero-order valence-electron chi connectivity index (χ0n) is 13.0. The average molecular weight is 290 g/mol. The number of ether oxygens (including phenoxy) is 1. The molecule has 21 heavy (non-hydrogen) atoms. The number of methoxy groups -OCH3 is 1. The van der Waals surface area contributed by atoms with E-state index in [4.69, 9.17) is 10.5 Å². The van der Waals surface area contributed by atoms with Crippen LogP contribution in [-0.2, 0) is 9.53 Å². The third kappa shape index (κ3) is 3.83. The van der Waals surface area contributed by atoms with Crippen molar-refractivity contribution < 1.29 is 9.53 Å². The molecule has 1 aliphatic carbocycles. The van der Waals surface area contributed by atoms with Crippen molar-refractivity contribution >= 4 is 5.91 Å². The maximum atomic E-state index is 12.6. The van der Waals surface area contributed by atoms with Gasteiger partial charge in [-0.15, -0.1) is 0 Å². The molecular weight excluding hydrogens is 264 g/mol. The Hall–Kier alpha value is -1.39. The first-order chi connectivity index (χ1) is 10.1. The minimum absolute atomic E-state index is 0.0938. The molecule has 116 valence electrons. The summed E-state index contributed by atoms with van der Waals surface area (Å²) in [7, 11) is 1.56. The Morgan fingerprint density at radius 2 is 2.00 bits per heavy atom. The molecule has 4 heteroatoms. The van der Waals surface area contributed by atoms with Gasteiger partial charge in [0.1, 0.15) is 0 Å². The summed E-state index contributed by atoms with van der Waals surface area (Å²) in [5.41, 5.74) is 6.56. The van der Waals surface area contributed by atoms with Gasteiger partial charge in [-0.2, -0.15) is 0 Å². The third-order valence-electron chi connectivity index (χ3n) is 4.59. The van der Waals surface area contributed by atoms with Crippen molar-refractivity contribution in [1.82, 2.24) is 5.32 Å². The van der Waals surface area contributed by atoms with Crippen LogP contribution >= 0.6 is 0 Å². The molecule has 1 fully saturated rings. The van der Waals surface area contributed by atoms with Crippen LogP contribution in [0.3, 0.4) is 0 Å². The van der Waals surface area contributed by atoms with Crippen molar-refractivity contribution in [1.29, 1.82) is 0 Å². The number of nitrogens with two attached hydrogens (primary N) is 1. The Morgan fingerprint density at radius 3 is 2.52 bits per heavy atom. The number of rotatable bonds is 5. The molecule has 4 nitrogen and oxygen atoms in total. The van der Waals surface area contributed by atoms with E-state index in [-0.39, 0.29) is 11.4 Å². The molecule has 1 aromatic carbocycles. The first-order valence-corrected chi connectivity index (χ1v) is 7.70. The highest BCUT2D eigenvalue weighted by molar-refractivity contribution is 5.83. The quantitative estimate of drug-likeness (QED) is 0.875. The zero-order valence-corrected chi connectivity index (χ0v) is 13.0. The maximum absolute atomic E-state index is 12.6. The van der Waals surface area contributed by atoms with E-state index in [0.29, 0.717) is 12.5 Å². The lowest BCUT2D eigenvalue weighted by Gasteiger charge is -2.40. The molecule has 1 saturated carbocycles. The molecule has 0 saturated heterocycles. The van der Waals surface area contributed by atoms with Gasteiger partial charge >= 0.3 is 0 Å². The van der Waals surface area contributed by atoms with E-state index in [1.165, 1.54) is 0 Å². The van der Waals surface area contributed by atoms with Gasteiger partial charge in [0.05, 0.1) is 5.54 Å². The summed E-state index contributed by atoms with van der Waals surface area (Å²) >= 11 is 0. The smallest absolute Gasteiger partial charge is 0.254 e. The van der Waals surface area contributed by atoms with Crippen LogP contribution < -0.4 is 11.1 Å². The average Bonchev–Trinajstić information content (AvgIpc) is 2.52. The Morgan fingerprint density at radius 1 is 1.38 bits per heavy atom. The first-order valence-electron chi connectivity index (χ1n) is 7.70. The van der Waals surface area contributed by atoms with Gasteiger partial charge in [-0.05, 0) is 37.2 Å². The van der Waals surface area contributed by atoms with Gasteiger partial charge in [-0.1, -0.05) is 37.3 Å². The molecule has 3 N–H and O–H groups in total. The topological polar surface area (TPSA) is 64.3 Å². The fourth-order valence-corrected chi connectivity index (χ4v) is 3.04. The lowest BCUT2D eigenvalue weighted by atomic mass is 9.77. The third-order valence-corrected chi connectivity index (χ3v) is 4.59. The number of hydrogen-bond acceptors (Lipinski definition) is 3. The minimum atomic E-state index is -0.575. The largest absolute Gasteiger partial charge is 0.367 e. The molecule has 1 aliphatic rings. The number of carbonyl (C=O) groups excluding carboxylic acids is 1. The number of nitrogens with one attached hydrogen (secondary N) is 1. The standard InChI is InChI=1S/C17H26N2O2/c1-13-8-10-17(12-18,11-9-13)19-16(20)15(21-2)14-6-4-3-5-7-14/h3-7,13,15H,8-12,18H2,1-2H3,(H,19,20). The van der Waals surface area contributed by atoms with E-state index in [1.54, 1.807) is 7.11 Å². The van der Waals surface area contributed by atoms with Gasteiger partial charge < -0.3 is 15.8 Å². The number of hydrogen-bond donors (Lipinski definition) is 2. The predicted molar refractivity (Wildman–Crippen MR) is 83.8 cm³/mol. The van der Waals surface area contributed by atoms with Crippen LogP contribution in [0.4, 0.5) is 0 Å². The summed E-state index contributed by atoms with van der Waals surface area (Å²) in [6, 6.07) is 9.57. The second-order valence-electron chi connectivity index (χ2n) is 6.18. The van der Waals surface area contributed by atoms with Gasteiger partial charge in [-0.3, -0.25) is 4.79 Å². The summed E-state index contributed by atoms with van der Waals surface area (Å²) in [6.45, 7) is 2.74. The highest BCUT2D eigenvalue weighted by atomic mass is 16.5. The zero-order chi connectivity index (χ0) is 15.3. The number of amides is 1. The van der Waals surface area contributed by atoms with Crippen LogP contribution in [0.25, 0.3) is 0 Å². The SMILES string of the molecule is COC(C(=O)NC1(CN)CCC(C)CC1)c1ccccc1. The first kappa shape index (κ1) is 16.0. The fraction of sp³-hybridized carbons (Fsp3) is 0.588. The molecule has 0 heterocycles. The van der Waals surface area contributed by atoms with Crippen LogP contribution in [0.15, 0.2) is 30.3 Å². The van der Waals surface area contributed by atoms with Crippen LogP contribution in [0, 0.1) is 5.92 Å². The monoisotopic (exact) mass is 290 g/mol. The van der Waals surface area contributed by atoms with Crippen molar-refractivity contribution in [2.75, 3.05) is 13.7 Å². The second-order valence-corrected chi connectivity index (χ2v) is 6.18. The predicted octanol–water partition coefficient (Wildman–Crippen LogP) is 2.40. The lowest BCUT2D eigenvalue weighted by molar-refractivity contribution is -0.134. The molecule has 0 aliphatic heterocycles. The van der Waals surface area contributed by atoms with Gasteiger partial charge in [0, 0.05) is 13.7 Å². The van der Waals surface area contributed by atoms with Crippen LogP contribution in [0.5, 0.6) is 0 Å². The molecule has 2 rings (SSSR count). The summed E-state index contributed by atoms with van der Waals surface area (Å²) in [5.74, 6) is 0.623. The molecule has 0 bridgehead atoms. The van der Waals surface area contributed by atoms with E-state index in [2.05, 4.69) is 12.2 Å². The Bertz CT molecular complexity index is 453. The van der Waals surface area contributed by atoms with Crippen molar-refractivity contribution in [2.45, 2.75) is 44.2 Å². The van der Waals surface area contributed by atoms with Crippen molar-refractivity contribution in [3.8, 4) is 0 Å². The summed E-state index contributed by atoms with van der Waals surface area (Å²) in [5, 5.41) is 3.16. The van der Waals surface area contributed by atoms with Gasteiger partial charge in [0.2, 0.25) is 0 Å². The molecule has 0 aromatic heterocycles. The Labute approximate surface area is 127 Å².